The molecule has 0 bridgehead atoms. The molecule has 0 spiro atoms. The summed E-state index contributed by atoms with van der Waals surface area (Å²) in [6, 6.07) is 9.78. The first-order chi connectivity index (χ1) is 10.8. The van der Waals surface area contributed by atoms with Crippen LogP contribution in [0.2, 0.25) is 0 Å². The molecule has 0 atom stereocenters. The monoisotopic (exact) mass is 328 g/mol. The van der Waals surface area contributed by atoms with Crippen LogP contribution >= 0.6 is 23.6 Å². The number of fused-ring (bicyclic) bond motifs is 3. The number of nitrogens with zero attached hydrogens (tertiary/aromatic N) is 1. The van der Waals surface area contributed by atoms with E-state index in [9.17, 15) is 0 Å². The molecule has 0 unspecified atom stereocenters. The predicted molar refractivity (Wildman–Crippen MR) is 92.2 cm³/mol. The number of aryl methyl sites for hydroxylation is 2. The van der Waals surface area contributed by atoms with Gasteiger partial charge in [0.25, 0.3) is 0 Å². The Kier molecular flexibility index (Phi) is 3.68. The van der Waals surface area contributed by atoms with Gasteiger partial charge < -0.3 is 9.72 Å². The molecule has 0 aliphatic heterocycles. The van der Waals surface area contributed by atoms with Gasteiger partial charge in [0.1, 0.15) is 27.7 Å². The average Bonchev–Trinajstić information content (AvgIpc) is 2.92. The second-order valence-electron chi connectivity index (χ2n) is 5.51. The number of rotatable bonds is 3. The second-order valence-corrected chi connectivity index (χ2v) is 7.00. The first-order valence-electron chi connectivity index (χ1n) is 7.52. The van der Waals surface area contributed by atoms with Crippen molar-refractivity contribution < 1.29 is 4.74 Å². The number of aromatic amines is 1. The quantitative estimate of drug-likeness (QED) is 0.701. The fourth-order valence-corrected chi connectivity index (χ4v) is 4.64. The molecule has 22 heavy (non-hydrogen) atoms. The number of aromatic nitrogens is 2. The fraction of sp³-hybridized carbons (Fsp3) is 0.294. The Bertz CT molecular complexity index is 867. The molecule has 1 N–H and O–H groups in total. The molecular weight excluding hydrogens is 312 g/mol. The number of ether oxygens (including phenoxy) is 1. The van der Waals surface area contributed by atoms with Crippen LogP contribution < -0.4 is 4.74 Å². The Hall–Kier alpha value is -1.72. The first kappa shape index (κ1) is 13.9. The molecule has 0 amide bonds. The third-order valence-corrected chi connectivity index (χ3v) is 5.48. The van der Waals surface area contributed by atoms with E-state index < -0.39 is 0 Å². The molecule has 0 radical (unpaired) electrons. The average molecular weight is 328 g/mol. The molecule has 0 saturated carbocycles. The summed E-state index contributed by atoms with van der Waals surface area (Å²) in [5, 5.41) is 1.16. The lowest BCUT2D eigenvalue weighted by Crippen LogP contribution is -2.02. The van der Waals surface area contributed by atoms with Gasteiger partial charge in [0.15, 0.2) is 0 Å². The Balaban J connectivity index is 1.67. The maximum atomic E-state index is 5.76. The van der Waals surface area contributed by atoms with E-state index in [0.29, 0.717) is 6.61 Å². The molecular formula is C17H16N2OS2. The Labute approximate surface area is 138 Å². The molecule has 1 aromatic carbocycles. The zero-order chi connectivity index (χ0) is 14.9. The van der Waals surface area contributed by atoms with Gasteiger partial charge in [-0.1, -0.05) is 30.4 Å². The molecule has 4 rings (SSSR count). The van der Waals surface area contributed by atoms with Crippen LogP contribution in [-0.4, -0.2) is 9.97 Å². The number of hydrogen-bond donors (Lipinski definition) is 1. The fourth-order valence-electron chi connectivity index (χ4n) is 2.95. The summed E-state index contributed by atoms with van der Waals surface area (Å²) in [5.74, 6) is 1.63. The summed E-state index contributed by atoms with van der Waals surface area (Å²) in [4.78, 5) is 10.5. The molecule has 1 aliphatic carbocycles. The largest absolute Gasteiger partial charge is 0.486 e. The summed E-state index contributed by atoms with van der Waals surface area (Å²) in [5.41, 5.74) is 1.43. The number of para-hydroxylation sites is 1. The standard InChI is InChI=1S/C17H16N2OS2/c21-16-15-12-8-4-5-9-13(12)22-17(15)19-14(18-16)10-20-11-6-2-1-3-7-11/h1-3,6-7H,4-5,8-10H2,(H,18,19,21). The van der Waals surface area contributed by atoms with Gasteiger partial charge in [-0.15, -0.1) is 11.3 Å². The lowest BCUT2D eigenvalue weighted by atomic mass is 9.97. The summed E-state index contributed by atoms with van der Waals surface area (Å²) in [7, 11) is 0. The molecule has 3 nitrogen and oxygen atoms in total. The van der Waals surface area contributed by atoms with E-state index in [2.05, 4.69) is 4.98 Å². The van der Waals surface area contributed by atoms with Gasteiger partial charge in [0.2, 0.25) is 0 Å². The minimum absolute atomic E-state index is 0.409. The van der Waals surface area contributed by atoms with Crippen LogP contribution in [0.15, 0.2) is 30.3 Å². The molecule has 5 heteroatoms. The molecule has 0 fully saturated rings. The first-order valence-corrected chi connectivity index (χ1v) is 8.75. The van der Waals surface area contributed by atoms with Crippen LogP contribution in [0.1, 0.15) is 29.1 Å². The van der Waals surface area contributed by atoms with Crippen LogP contribution in [0.4, 0.5) is 0 Å². The summed E-state index contributed by atoms with van der Waals surface area (Å²) >= 11 is 7.36. The van der Waals surface area contributed by atoms with Crippen molar-refractivity contribution in [2.24, 2.45) is 0 Å². The Morgan fingerprint density at radius 2 is 2.00 bits per heavy atom. The third-order valence-electron chi connectivity index (χ3n) is 3.99. The highest BCUT2D eigenvalue weighted by Gasteiger charge is 2.18. The van der Waals surface area contributed by atoms with Gasteiger partial charge in [0.05, 0.1) is 0 Å². The van der Waals surface area contributed by atoms with Crippen molar-refractivity contribution in [1.82, 2.24) is 9.97 Å². The van der Waals surface area contributed by atoms with E-state index in [1.807, 2.05) is 30.3 Å². The van der Waals surface area contributed by atoms with Crippen molar-refractivity contribution >= 4 is 33.8 Å². The zero-order valence-corrected chi connectivity index (χ0v) is 13.7. The highest BCUT2D eigenvalue weighted by atomic mass is 32.1. The van der Waals surface area contributed by atoms with E-state index in [1.54, 1.807) is 11.3 Å². The molecule has 2 heterocycles. The number of thiophene rings is 1. The molecule has 112 valence electrons. The van der Waals surface area contributed by atoms with E-state index in [4.69, 9.17) is 21.9 Å². The van der Waals surface area contributed by atoms with Crippen molar-refractivity contribution in [2.75, 3.05) is 0 Å². The van der Waals surface area contributed by atoms with Gasteiger partial charge in [-0.3, -0.25) is 0 Å². The van der Waals surface area contributed by atoms with E-state index in [1.165, 1.54) is 29.7 Å². The van der Waals surface area contributed by atoms with Gasteiger partial charge >= 0.3 is 0 Å². The van der Waals surface area contributed by atoms with Crippen LogP contribution in [-0.2, 0) is 19.4 Å². The number of nitrogens with one attached hydrogen (secondary N) is 1. The summed E-state index contributed by atoms with van der Waals surface area (Å²) < 4.78 is 6.56. The van der Waals surface area contributed by atoms with Gasteiger partial charge in [-0.05, 0) is 43.4 Å². The van der Waals surface area contributed by atoms with Gasteiger partial charge in [0, 0.05) is 10.3 Å². The summed E-state index contributed by atoms with van der Waals surface area (Å²) in [6.07, 6.45) is 4.84. The number of benzene rings is 1. The topological polar surface area (TPSA) is 37.9 Å². The summed E-state index contributed by atoms with van der Waals surface area (Å²) in [6.45, 7) is 0.409. The lowest BCUT2D eigenvalue weighted by molar-refractivity contribution is 0.296. The Morgan fingerprint density at radius 1 is 1.18 bits per heavy atom. The van der Waals surface area contributed by atoms with Crippen LogP contribution in [0.3, 0.4) is 0 Å². The minimum Gasteiger partial charge on any atom is -0.486 e. The smallest absolute Gasteiger partial charge is 0.146 e. The predicted octanol–water partition coefficient (Wildman–Crippen LogP) is 4.81. The maximum absolute atomic E-state index is 5.76. The zero-order valence-electron chi connectivity index (χ0n) is 12.1. The highest BCUT2D eigenvalue weighted by Crippen LogP contribution is 2.35. The van der Waals surface area contributed by atoms with E-state index in [0.717, 1.165) is 32.9 Å². The van der Waals surface area contributed by atoms with E-state index >= 15 is 0 Å². The van der Waals surface area contributed by atoms with Gasteiger partial charge in [-0.25, -0.2) is 4.98 Å². The Morgan fingerprint density at radius 3 is 2.86 bits per heavy atom. The van der Waals surface area contributed by atoms with Crippen LogP contribution in [0.25, 0.3) is 10.2 Å². The third kappa shape index (κ3) is 2.55. The van der Waals surface area contributed by atoms with Crippen molar-refractivity contribution in [1.29, 1.82) is 0 Å². The number of hydrogen-bond acceptors (Lipinski definition) is 4. The van der Waals surface area contributed by atoms with Crippen molar-refractivity contribution in [3.05, 3.63) is 51.2 Å². The molecule has 0 saturated heterocycles. The molecule has 3 aromatic rings. The van der Waals surface area contributed by atoms with Crippen LogP contribution in [0, 0.1) is 4.64 Å². The van der Waals surface area contributed by atoms with E-state index in [-0.39, 0.29) is 0 Å². The maximum Gasteiger partial charge on any atom is 0.146 e. The number of H-pyrrole nitrogens is 1. The van der Waals surface area contributed by atoms with Gasteiger partial charge in [-0.2, -0.15) is 0 Å². The highest BCUT2D eigenvalue weighted by molar-refractivity contribution is 7.71. The van der Waals surface area contributed by atoms with Crippen LogP contribution in [0.5, 0.6) is 5.75 Å². The van der Waals surface area contributed by atoms with Crippen molar-refractivity contribution in [3.8, 4) is 5.75 Å². The molecule has 2 aromatic heterocycles. The minimum atomic E-state index is 0.409. The lowest BCUT2D eigenvalue weighted by Gasteiger charge is -2.10. The van der Waals surface area contributed by atoms with Crippen molar-refractivity contribution in [3.63, 3.8) is 0 Å². The van der Waals surface area contributed by atoms with Crippen molar-refractivity contribution in [2.45, 2.75) is 32.3 Å². The molecule has 1 aliphatic rings. The SMILES string of the molecule is S=c1[nH]c(COc2ccccc2)nc2sc3c(c12)CCCC3. The normalized spacial score (nSPS) is 14.0. The second kappa shape index (κ2) is 5.82.